The van der Waals surface area contributed by atoms with Crippen LogP contribution in [0.1, 0.15) is 63.4 Å². The van der Waals surface area contributed by atoms with Crippen molar-refractivity contribution in [2.45, 2.75) is 57.8 Å². The fourth-order valence-electron chi connectivity index (χ4n) is 5.46. The third-order valence-electron chi connectivity index (χ3n) is 6.99. The molecular formula is C24H26F4. The predicted molar refractivity (Wildman–Crippen MR) is 103 cm³/mol. The highest BCUT2D eigenvalue weighted by atomic mass is 19.1. The van der Waals surface area contributed by atoms with Crippen LogP contribution in [-0.2, 0) is 0 Å². The Balaban J connectivity index is 1.57. The van der Waals surface area contributed by atoms with Crippen molar-refractivity contribution in [1.82, 2.24) is 0 Å². The van der Waals surface area contributed by atoms with Gasteiger partial charge in [-0.15, -0.1) is 0 Å². The molecule has 0 saturated heterocycles. The molecule has 150 valence electrons. The van der Waals surface area contributed by atoms with Gasteiger partial charge in [0.05, 0.1) is 5.56 Å². The molecule has 28 heavy (non-hydrogen) atoms. The van der Waals surface area contributed by atoms with Crippen molar-refractivity contribution in [3.05, 3.63) is 59.2 Å². The Hall–Kier alpha value is -1.84. The van der Waals surface area contributed by atoms with E-state index in [4.69, 9.17) is 0 Å². The summed E-state index contributed by atoms with van der Waals surface area (Å²) in [6.45, 7) is 2.26. The van der Waals surface area contributed by atoms with E-state index in [1.54, 1.807) is 0 Å². The second kappa shape index (κ2) is 7.88. The van der Waals surface area contributed by atoms with Crippen LogP contribution in [0, 0.1) is 41.0 Å². The molecule has 2 saturated carbocycles. The van der Waals surface area contributed by atoms with Crippen LogP contribution in [0.15, 0.2) is 30.3 Å². The monoisotopic (exact) mass is 390 g/mol. The van der Waals surface area contributed by atoms with Crippen molar-refractivity contribution >= 4 is 0 Å². The predicted octanol–water partition coefficient (Wildman–Crippen LogP) is 7.62. The Morgan fingerprint density at radius 2 is 1.36 bits per heavy atom. The van der Waals surface area contributed by atoms with E-state index >= 15 is 0 Å². The van der Waals surface area contributed by atoms with Gasteiger partial charge in [0.1, 0.15) is 23.3 Å². The number of rotatable bonds is 3. The van der Waals surface area contributed by atoms with Crippen LogP contribution in [0.4, 0.5) is 17.6 Å². The molecule has 0 heterocycles. The Morgan fingerprint density at radius 1 is 0.750 bits per heavy atom. The maximum atomic E-state index is 14.8. The van der Waals surface area contributed by atoms with Gasteiger partial charge in [-0.1, -0.05) is 19.8 Å². The molecule has 0 amide bonds. The first-order chi connectivity index (χ1) is 13.4. The first kappa shape index (κ1) is 19.5. The SMILES string of the molecule is CCC1CCC2CC(c3cc(F)c(-c4cc(F)cc(F)c4)c(F)c3)CCC2C1. The average Bonchev–Trinajstić information content (AvgIpc) is 2.65. The standard InChI is InChI=1S/C24H26F4/c1-2-14-3-4-16-8-17(6-5-15(16)7-14)18-11-22(27)24(23(28)12-18)19-9-20(25)13-21(26)10-19/h9-17H,2-8H2,1H3. The molecule has 0 spiro atoms. The zero-order valence-electron chi connectivity index (χ0n) is 16.2. The molecule has 2 aliphatic carbocycles. The van der Waals surface area contributed by atoms with Crippen molar-refractivity contribution < 1.29 is 17.6 Å². The van der Waals surface area contributed by atoms with Gasteiger partial charge in [-0.2, -0.15) is 0 Å². The summed E-state index contributed by atoms with van der Waals surface area (Å²) in [5, 5.41) is 0. The molecule has 0 bridgehead atoms. The zero-order valence-corrected chi connectivity index (χ0v) is 16.2. The largest absolute Gasteiger partial charge is 0.207 e. The van der Waals surface area contributed by atoms with E-state index in [9.17, 15) is 17.6 Å². The number of benzene rings is 2. The van der Waals surface area contributed by atoms with Crippen LogP contribution in [0.3, 0.4) is 0 Å². The summed E-state index contributed by atoms with van der Waals surface area (Å²) in [6, 6.07) is 5.34. The number of hydrogen-bond donors (Lipinski definition) is 0. The number of halogens is 4. The van der Waals surface area contributed by atoms with Crippen LogP contribution < -0.4 is 0 Å². The normalized spacial score (nSPS) is 27.5. The molecule has 4 atom stereocenters. The maximum absolute atomic E-state index is 14.8. The van der Waals surface area contributed by atoms with Crippen molar-refractivity contribution in [3.63, 3.8) is 0 Å². The van der Waals surface area contributed by atoms with E-state index in [1.165, 1.54) is 37.8 Å². The molecule has 2 aromatic carbocycles. The molecule has 4 rings (SSSR count). The average molecular weight is 390 g/mol. The van der Waals surface area contributed by atoms with Gasteiger partial charge in [-0.25, -0.2) is 17.6 Å². The Labute approximate surface area is 164 Å². The molecule has 2 aromatic rings. The van der Waals surface area contributed by atoms with Crippen molar-refractivity contribution in [1.29, 1.82) is 0 Å². The van der Waals surface area contributed by atoms with Crippen LogP contribution in [0.2, 0.25) is 0 Å². The van der Waals surface area contributed by atoms with Crippen LogP contribution in [-0.4, -0.2) is 0 Å². The Kier molecular flexibility index (Phi) is 5.48. The van der Waals surface area contributed by atoms with Crippen LogP contribution in [0.25, 0.3) is 11.1 Å². The van der Waals surface area contributed by atoms with Gasteiger partial charge < -0.3 is 0 Å². The molecule has 0 nitrogen and oxygen atoms in total. The lowest BCUT2D eigenvalue weighted by molar-refractivity contribution is 0.116. The van der Waals surface area contributed by atoms with E-state index in [1.807, 2.05) is 0 Å². The van der Waals surface area contributed by atoms with Crippen LogP contribution in [0.5, 0.6) is 0 Å². The fourth-order valence-corrected chi connectivity index (χ4v) is 5.46. The molecule has 0 aliphatic heterocycles. The van der Waals surface area contributed by atoms with E-state index in [0.717, 1.165) is 43.2 Å². The second-order valence-corrected chi connectivity index (χ2v) is 8.64. The lowest BCUT2D eigenvalue weighted by atomic mass is 9.63. The summed E-state index contributed by atoms with van der Waals surface area (Å²) < 4.78 is 56.5. The summed E-state index contributed by atoms with van der Waals surface area (Å²) in [5.74, 6) is -0.824. The molecular weight excluding hydrogens is 364 g/mol. The first-order valence-corrected chi connectivity index (χ1v) is 10.4. The quantitative estimate of drug-likeness (QED) is 0.473. The Bertz CT molecular complexity index is 816. The van der Waals surface area contributed by atoms with E-state index < -0.39 is 23.3 Å². The first-order valence-electron chi connectivity index (χ1n) is 10.4. The van der Waals surface area contributed by atoms with E-state index in [-0.39, 0.29) is 17.0 Å². The van der Waals surface area contributed by atoms with Gasteiger partial charge in [-0.3, -0.25) is 0 Å². The molecule has 0 radical (unpaired) electrons. The van der Waals surface area contributed by atoms with E-state index in [2.05, 4.69) is 6.92 Å². The zero-order chi connectivity index (χ0) is 19.8. The van der Waals surface area contributed by atoms with Gasteiger partial charge in [0.25, 0.3) is 0 Å². The molecule has 4 unspecified atom stereocenters. The smallest absolute Gasteiger partial charge is 0.134 e. The summed E-state index contributed by atoms with van der Waals surface area (Å²) in [7, 11) is 0. The van der Waals surface area contributed by atoms with Gasteiger partial charge in [0.15, 0.2) is 0 Å². The minimum atomic E-state index is -0.848. The molecule has 0 aromatic heterocycles. The highest BCUT2D eigenvalue weighted by molar-refractivity contribution is 5.65. The third kappa shape index (κ3) is 3.83. The summed E-state index contributed by atoms with van der Waals surface area (Å²) in [6.07, 6.45) is 8.05. The molecule has 2 aliphatic rings. The van der Waals surface area contributed by atoms with Gasteiger partial charge in [0.2, 0.25) is 0 Å². The molecule has 0 N–H and O–H groups in total. The van der Waals surface area contributed by atoms with Gasteiger partial charge in [0, 0.05) is 6.07 Å². The minimum absolute atomic E-state index is 0.111. The number of fused-ring (bicyclic) bond motifs is 1. The highest BCUT2D eigenvalue weighted by Crippen LogP contribution is 2.48. The summed E-state index contributed by atoms with van der Waals surface area (Å²) >= 11 is 0. The van der Waals surface area contributed by atoms with Gasteiger partial charge >= 0.3 is 0 Å². The lowest BCUT2D eigenvalue weighted by Crippen LogP contribution is -2.30. The molecule has 4 heteroatoms. The van der Waals surface area contributed by atoms with Gasteiger partial charge in [-0.05, 0) is 91.2 Å². The lowest BCUT2D eigenvalue weighted by Gasteiger charge is -2.42. The fraction of sp³-hybridized carbons (Fsp3) is 0.500. The summed E-state index contributed by atoms with van der Waals surface area (Å²) in [4.78, 5) is 0. The maximum Gasteiger partial charge on any atom is 0.134 e. The Morgan fingerprint density at radius 3 is 2.00 bits per heavy atom. The van der Waals surface area contributed by atoms with Crippen molar-refractivity contribution in [3.8, 4) is 11.1 Å². The highest BCUT2D eigenvalue weighted by Gasteiger charge is 2.36. The third-order valence-corrected chi connectivity index (χ3v) is 6.99. The van der Waals surface area contributed by atoms with Crippen LogP contribution >= 0.6 is 0 Å². The topological polar surface area (TPSA) is 0 Å². The van der Waals surface area contributed by atoms with Crippen molar-refractivity contribution in [2.24, 2.45) is 17.8 Å². The van der Waals surface area contributed by atoms with E-state index in [0.29, 0.717) is 17.5 Å². The second-order valence-electron chi connectivity index (χ2n) is 8.64. The van der Waals surface area contributed by atoms with Crippen molar-refractivity contribution in [2.75, 3.05) is 0 Å². The summed E-state index contributed by atoms with van der Waals surface area (Å²) in [5.41, 5.74) is 0.201. The number of hydrogen-bond acceptors (Lipinski definition) is 0. The minimum Gasteiger partial charge on any atom is -0.207 e. The molecule has 2 fully saturated rings.